The largest absolute Gasteiger partial charge is 0.466 e. The quantitative estimate of drug-likeness (QED) is 0.770. The molecule has 100 valence electrons. The summed E-state index contributed by atoms with van der Waals surface area (Å²) in [5.74, 6) is 0.815. The molecule has 0 fully saturated rings. The van der Waals surface area contributed by atoms with Crippen molar-refractivity contribution >= 4 is 11.7 Å². The van der Waals surface area contributed by atoms with Crippen LogP contribution in [0.4, 0.5) is 5.69 Å². The topological polar surface area (TPSA) is 79.9 Å². The lowest BCUT2D eigenvalue weighted by Gasteiger charge is -2.02. The Hall–Kier alpha value is -2.37. The molecule has 0 radical (unpaired) electrons. The van der Waals surface area contributed by atoms with Crippen molar-refractivity contribution < 1.29 is 9.53 Å². The van der Waals surface area contributed by atoms with Crippen LogP contribution in [0.15, 0.2) is 30.3 Å². The van der Waals surface area contributed by atoms with Gasteiger partial charge in [-0.15, -0.1) is 0 Å². The zero-order valence-electron chi connectivity index (χ0n) is 10.7. The van der Waals surface area contributed by atoms with Gasteiger partial charge in [-0.3, -0.25) is 9.89 Å². The molecule has 0 atom stereocenters. The summed E-state index contributed by atoms with van der Waals surface area (Å²) in [6.07, 6.45) is 0.0929. The summed E-state index contributed by atoms with van der Waals surface area (Å²) in [6, 6.07) is 9.80. The van der Waals surface area contributed by atoms with E-state index in [4.69, 9.17) is 4.74 Å². The van der Waals surface area contributed by atoms with Crippen LogP contribution in [0.25, 0.3) is 0 Å². The van der Waals surface area contributed by atoms with Gasteiger partial charge in [0.2, 0.25) is 0 Å². The third-order valence-corrected chi connectivity index (χ3v) is 2.42. The third kappa shape index (κ3) is 4.09. The summed E-state index contributed by atoms with van der Waals surface area (Å²) in [6.45, 7) is 2.66. The number of benzene rings is 1. The number of esters is 1. The number of carbonyl (C=O) groups excluding carboxylic acids is 1. The molecule has 1 heterocycles. The molecule has 1 aromatic heterocycles. The van der Waals surface area contributed by atoms with E-state index in [-0.39, 0.29) is 12.4 Å². The van der Waals surface area contributed by atoms with Gasteiger partial charge in [-0.2, -0.15) is 5.10 Å². The molecule has 6 nitrogen and oxygen atoms in total. The molecule has 0 aliphatic rings. The molecule has 2 N–H and O–H groups in total. The number of carbonyl (C=O) groups is 1. The number of hydrogen-bond donors (Lipinski definition) is 2. The highest BCUT2D eigenvalue weighted by Gasteiger charge is 2.09. The molecule has 2 aromatic rings. The van der Waals surface area contributed by atoms with Crippen molar-refractivity contribution in [1.82, 2.24) is 15.2 Å². The molecule has 2 rings (SSSR count). The van der Waals surface area contributed by atoms with Crippen LogP contribution >= 0.6 is 0 Å². The predicted octanol–water partition coefficient (Wildman–Crippen LogP) is 1.52. The monoisotopic (exact) mass is 260 g/mol. The van der Waals surface area contributed by atoms with E-state index in [1.54, 1.807) is 6.92 Å². The molecule has 0 spiro atoms. The van der Waals surface area contributed by atoms with Crippen LogP contribution < -0.4 is 5.32 Å². The average Bonchev–Trinajstić information content (AvgIpc) is 2.85. The zero-order valence-corrected chi connectivity index (χ0v) is 10.7. The number of rotatable bonds is 6. The molecule has 0 aliphatic carbocycles. The molecule has 19 heavy (non-hydrogen) atoms. The predicted molar refractivity (Wildman–Crippen MR) is 70.5 cm³/mol. The van der Waals surface area contributed by atoms with E-state index in [9.17, 15) is 4.79 Å². The molecule has 0 aliphatic heterocycles. The lowest BCUT2D eigenvalue weighted by atomic mass is 10.3. The van der Waals surface area contributed by atoms with E-state index in [2.05, 4.69) is 20.5 Å². The van der Waals surface area contributed by atoms with Gasteiger partial charge in [0.25, 0.3) is 0 Å². The number of H-pyrrole nitrogens is 1. The van der Waals surface area contributed by atoms with Crippen molar-refractivity contribution in [2.45, 2.75) is 19.9 Å². The van der Waals surface area contributed by atoms with Crippen LogP contribution in [0, 0.1) is 0 Å². The molecule has 1 aromatic carbocycles. The van der Waals surface area contributed by atoms with Crippen LogP contribution in [-0.4, -0.2) is 27.8 Å². The van der Waals surface area contributed by atoms with Gasteiger partial charge in [0.15, 0.2) is 5.82 Å². The van der Waals surface area contributed by atoms with Crippen LogP contribution in [0.3, 0.4) is 0 Å². The Morgan fingerprint density at radius 3 is 2.89 bits per heavy atom. The Bertz CT molecular complexity index is 524. The molecule has 6 heteroatoms. The fourth-order valence-corrected chi connectivity index (χ4v) is 1.58. The first-order valence-electron chi connectivity index (χ1n) is 6.12. The van der Waals surface area contributed by atoms with Crippen LogP contribution in [0.5, 0.6) is 0 Å². The molecule has 0 saturated carbocycles. The van der Waals surface area contributed by atoms with Crippen molar-refractivity contribution in [2.75, 3.05) is 11.9 Å². The van der Waals surface area contributed by atoms with E-state index in [1.165, 1.54) is 0 Å². The van der Waals surface area contributed by atoms with Crippen molar-refractivity contribution in [3.8, 4) is 0 Å². The zero-order chi connectivity index (χ0) is 13.5. The summed E-state index contributed by atoms with van der Waals surface area (Å²) < 4.78 is 4.84. The first kappa shape index (κ1) is 13.1. The summed E-state index contributed by atoms with van der Waals surface area (Å²) in [7, 11) is 0. The van der Waals surface area contributed by atoms with Gasteiger partial charge in [0.05, 0.1) is 13.2 Å². The van der Waals surface area contributed by atoms with E-state index < -0.39 is 0 Å². The molecular weight excluding hydrogens is 244 g/mol. The molecule has 0 saturated heterocycles. The highest BCUT2D eigenvalue weighted by Crippen LogP contribution is 2.06. The first-order chi connectivity index (χ1) is 9.28. The summed E-state index contributed by atoms with van der Waals surface area (Å²) in [5, 5.41) is 9.97. The lowest BCUT2D eigenvalue weighted by Crippen LogP contribution is -2.08. The highest BCUT2D eigenvalue weighted by molar-refractivity contribution is 5.71. The van der Waals surface area contributed by atoms with Crippen LogP contribution in [0.1, 0.15) is 18.6 Å². The second kappa shape index (κ2) is 6.53. The third-order valence-electron chi connectivity index (χ3n) is 2.42. The van der Waals surface area contributed by atoms with Gasteiger partial charge in [-0.05, 0) is 19.1 Å². The maximum atomic E-state index is 11.3. The van der Waals surface area contributed by atoms with Gasteiger partial charge in [0, 0.05) is 5.69 Å². The van der Waals surface area contributed by atoms with E-state index >= 15 is 0 Å². The van der Waals surface area contributed by atoms with E-state index in [0.717, 1.165) is 5.69 Å². The van der Waals surface area contributed by atoms with Crippen molar-refractivity contribution in [3.63, 3.8) is 0 Å². The number of ether oxygens (including phenoxy) is 1. The highest BCUT2D eigenvalue weighted by atomic mass is 16.5. The summed E-state index contributed by atoms with van der Waals surface area (Å²) >= 11 is 0. The summed E-state index contributed by atoms with van der Waals surface area (Å²) in [5.41, 5.74) is 1.01. The molecule has 0 unspecified atom stereocenters. The second-order valence-electron chi connectivity index (χ2n) is 3.90. The average molecular weight is 260 g/mol. The lowest BCUT2D eigenvalue weighted by molar-refractivity contribution is -0.142. The normalized spacial score (nSPS) is 10.2. The van der Waals surface area contributed by atoms with Crippen LogP contribution in [-0.2, 0) is 22.5 Å². The number of nitrogens with zero attached hydrogens (tertiary/aromatic N) is 2. The Balaban J connectivity index is 1.85. The fourth-order valence-electron chi connectivity index (χ4n) is 1.58. The smallest absolute Gasteiger partial charge is 0.313 e. The van der Waals surface area contributed by atoms with E-state index in [0.29, 0.717) is 24.8 Å². The number of anilines is 1. The van der Waals surface area contributed by atoms with Crippen LogP contribution in [0.2, 0.25) is 0 Å². The Morgan fingerprint density at radius 2 is 2.16 bits per heavy atom. The van der Waals surface area contributed by atoms with Gasteiger partial charge < -0.3 is 10.1 Å². The van der Waals surface area contributed by atoms with Gasteiger partial charge >= 0.3 is 5.97 Å². The Kier molecular flexibility index (Phi) is 4.49. The second-order valence-corrected chi connectivity index (χ2v) is 3.90. The minimum absolute atomic E-state index is 0.0929. The molecule has 0 amide bonds. The number of aromatic amines is 1. The van der Waals surface area contributed by atoms with E-state index in [1.807, 2.05) is 30.3 Å². The maximum Gasteiger partial charge on any atom is 0.313 e. The Labute approximate surface area is 111 Å². The number of para-hydroxylation sites is 1. The molecule has 0 bridgehead atoms. The number of aromatic nitrogens is 3. The minimum Gasteiger partial charge on any atom is -0.466 e. The Morgan fingerprint density at radius 1 is 1.37 bits per heavy atom. The van der Waals surface area contributed by atoms with Crippen molar-refractivity contribution in [2.24, 2.45) is 0 Å². The van der Waals surface area contributed by atoms with Gasteiger partial charge in [0.1, 0.15) is 12.2 Å². The SMILES string of the molecule is CCOC(=O)Cc1n[nH]c(CNc2ccccc2)n1. The number of hydrogen-bond acceptors (Lipinski definition) is 5. The van der Waals surface area contributed by atoms with Gasteiger partial charge in [-0.25, -0.2) is 4.98 Å². The number of nitrogens with one attached hydrogen (secondary N) is 2. The summed E-state index contributed by atoms with van der Waals surface area (Å²) in [4.78, 5) is 15.5. The van der Waals surface area contributed by atoms with Crippen molar-refractivity contribution in [1.29, 1.82) is 0 Å². The van der Waals surface area contributed by atoms with Gasteiger partial charge in [-0.1, -0.05) is 18.2 Å². The first-order valence-corrected chi connectivity index (χ1v) is 6.12. The molecular formula is C13H16N4O2. The maximum absolute atomic E-state index is 11.3. The van der Waals surface area contributed by atoms with Crippen molar-refractivity contribution in [3.05, 3.63) is 42.0 Å². The standard InChI is InChI=1S/C13H16N4O2/c1-2-19-13(18)8-11-15-12(17-16-11)9-14-10-6-4-3-5-7-10/h3-7,14H,2,8-9H2,1H3,(H,15,16,17). The fraction of sp³-hybridized carbons (Fsp3) is 0.308. The minimum atomic E-state index is -0.316.